The first-order valence-electron chi connectivity index (χ1n) is 5.95. The lowest BCUT2D eigenvalue weighted by molar-refractivity contribution is -0.116. The van der Waals surface area contributed by atoms with Crippen molar-refractivity contribution in [2.24, 2.45) is 7.05 Å². The zero-order chi connectivity index (χ0) is 13.1. The normalized spacial score (nSPS) is 10.8. The molecule has 0 atom stereocenters. The number of rotatable bonds is 4. The average Bonchev–Trinajstić information content (AvgIpc) is 2.62. The minimum atomic E-state index is -0.0870. The van der Waals surface area contributed by atoms with Crippen LogP contribution in [0.2, 0.25) is 0 Å². The lowest BCUT2D eigenvalue weighted by atomic mass is 10.2. The van der Waals surface area contributed by atoms with Crippen LogP contribution in [0.4, 0.5) is 5.69 Å². The number of aliphatic hydroxyl groups is 1. The highest BCUT2D eigenvalue weighted by molar-refractivity contribution is 5.93. The summed E-state index contributed by atoms with van der Waals surface area (Å²) in [7, 11) is 1.96. The molecule has 0 spiro atoms. The predicted octanol–water partition coefficient (Wildman–Crippen LogP) is 1.59. The number of carbonyl (C=O) groups excluding carboxylic acids is 1. The Morgan fingerprint density at radius 3 is 3.00 bits per heavy atom. The van der Waals surface area contributed by atoms with Gasteiger partial charge in [0.2, 0.25) is 5.91 Å². The lowest BCUT2D eigenvalue weighted by Crippen LogP contribution is -2.11. The second-order valence-electron chi connectivity index (χ2n) is 4.30. The van der Waals surface area contributed by atoms with Crippen LogP contribution in [0, 0.1) is 6.92 Å². The minimum absolute atomic E-state index is 0.0336. The van der Waals surface area contributed by atoms with Crippen LogP contribution in [-0.4, -0.2) is 27.2 Å². The van der Waals surface area contributed by atoms with E-state index in [-0.39, 0.29) is 12.5 Å². The Labute approximate surface area is 105 Å². The van der Waals surface area contributed by atoms with Crippen LogP contribution in [-0.2, 0) is 11.8 Å². The number of nitrogens with one attached hydrogen (secondary N) is 1. The van der Waals surface area contributed by atoms with Crippen molar-refractivity contribution < 1.29 is 9.90 Å². The van der Waals surface area contributed by atoms with Gasteiger partial charge in [0.15, 0.2) is 0 Å². The number of hydrogen-bond acceptors (Lipinski definition) is 3. The number of imidazole rings is 1. The van der Waals surface area contributed by atoms with Gasteiger partial charge < -0.3 is 15.0 Å². The maximum absolute atomic E-state index is 11.5. The van der Waals surface area contributed by atoms with Crippen LogP contribution in [0.5, 0.6) is 0 Å². The third kappa shape index (κ3) is 2.51. The summed E-state index contributed by atoms with van der Waals surface area (Å²) in [6.45, 7) is 1.98. The quantitative estimate of drug-likeness (QED) is 0.862. The van der Waals surface area contributed by atoms with Gasteiger partial charge in [-0.3, -0.25) is 4.79 Å². The number of aromatic nitrogens is 2. The van der Waals surface area contributed by atoms with E-state index in [0.29, 0.717) is 12.8 Å². The number of anilines is 1. The molecular formula is C13H17N3O2. The highest BCUT2D eigenvalue weighted by atomic mass is 16.3. The molecule has 0 radical (unpaired) electrons. The molecule has 0 saturated carbocycles. The Hall–Kier alpha value is -1.88. The van der Waals surface area contributed by atoms with E-state index in [1.807, 2.05) is 36.7 Å². The van der Waals surface area contributed by atoms with Crippen molar-refractivity contribution in [2.45, 2.75) is 19.8 Å². The molecule has 1 amide bonds. The van der Waals surface area contributed by atoms with Gasteiger partial charge in [-0.25, -0.2) is 4.98 Å². The Morgan fingerprint density at radius 2 is 2.28 bits per heavy atom. The Kier molecular flexibility index (Phi) is 3.62. The van der Waals surface area contributed by atoms with Gasteiger partial charge >= 0.3 is 0 Å². The fourth-order valence-corrected chi connectivity index (χ4v) is 1.86. The molecular weight excluding hydrogens is 230 g/mol. The second-order valence-corrected chi connectivity index (χ2v) is 4.30. The van der Waals surface area contributed by atoms with E-state index < -0.39 is 0 Å². The number of hydrogen-bond donors (Lipinski definition) is 2. The molecule has 0 aliphatic heterocycles. The summed E-state index contributed by atoms with van der Waals surface area (Å²) in [5.74, 6) is 0.852. The minimum Gasteiger partial charge on any atom is -0.396 e. The number of carbonyl (C=O) groups is 1. The van der Waals surface area contributed by atoms with Gasteiger partial charge in [-0.1, -0.05) is 0 Å². The molecule has 5 nitrogen and oxygen atoms in total. The van der Waals surface area contributed by atoms with E-state index in [1.165, 1.54) is 0 Å². The van der Waals surface area contributed by atoms with Crippen LogP contribution in [0.15, 0.2) is 18.2 Å². The number of fused-ring (bicyclic) bond motifs is 1. The largest absolute Gasteiger partial charge is 0.396 e. The maximum Gasteiger partial charge on any atom is 0.224 e. The summed E-state index contributed by atoms with van der Waals surface area (Å²) < 4.78 is 2.01. The molecule has 0 aliphatic rings. The molecule has 0 unspecified atom stereocenters. The van der Waals surface area contributed by atoms with Crippen LogP contribution >= 0.6 is 0 Å². The number of amides is 1. The summed E-state index contributed by atoms with van der Waals surface area (Å²) in [4.78, 5) is 15.9. The molecule has 2 rings (SSSR count). The van der Waals surface area contributed by atoms with E-state index in [0.717, 1.165) is 22.5 Å². The topological polar surface area (TPSA) is 67.2 Å². The average molecular weight is 247 g/mol. The fourth-order valence-electron chi connectivity index (χ4n) is 1.86. The van der Waals surface area contributed by atoms with Gasteiger partial charge in [0.05, 0.1) is 11.0 Å². The molecule has 1 aromatic heterocycles. The van der Waals surface area contributed by atoms with Crippen molar-refractivity contribution >= 4 is 22.6 Å². The molecule has 18 heavy (non-hydrogen) atoms. The van der Waals surface area contributed by atoms with Gasteiger partial charge in [-0.05, 0) is 31.5 Å². The summed E-state index contributed by atoms with van der Waals surface area (Å²) >= 11 is 0. The highest BCUT2D eigenvalue weighted by Crippen LogP contribution is 2.19. The number of nitrogens with zero attached hydrogens (tertiary/aromatic N) is 2. The molecule has 0 saturated heterocycles. The first kappa shape index (κ1) is 12.6. The van der Waals surface area contributed by atoms with Crippen molar-refractivity contribution in [2.75, 3.05) is 11.9 Å². The van der Waals surface area contributed by atoms with Gasteiger partial charge in [-0.2, -0.15) is 0 Å². The van der Waals surface area contributed by atoms with Gasteiger partial charge in [0.25, 0.3) is 0 Å². The van der Waals surface area contributed by atoms with E-state index in [2.05, 4.69) is 10.3 Å². The molecule has 0 fully saturated rings. The van der Waals surface area contributed by atoms with Crippen molar-refractivity contribution in [3.63, 3.8) is 0 Å². The molecule has 0 bridgehead atoms. The van der Waals surface area contributed by atoms with Crippen LogP contribution in [0.1, 0.15) is 18.7 Å². The van der Waals surface area contributed by atoms with Crippen LogP contribution in [0.25, 0.3) is 11.0 Å². The zero-order valence-electron chi connectivity index (χ0n) is 10.6. The van der Waals surface area contributed by atoms with Crippen molar-refractivity contribution in [3.8, 4) is 0 Å². The molecule has 1 aromatic carbocycles. The number of benzene rings is 1. The second kappa shape index (κ2) is 5.18. The molecule has 0 aliphatic carbocycles. The first-order valence-corrected chi connectivity index (χ1v) is 5.95. The Bertz CT molecular complexity index is 575. The fraction of sp³-hybridized carbons (Fsp3) is 0.385. The molecule has 1 heterocycles. The SMILES string of the molecule is Cc1nc2cc(NC(=O)CCCO)ccc2n1C. The van der Waals surface area contributed by atoms with Gasteiger partial charge in [0.1, 0.15) is 5.82 Å². The zero-order valence-corrected chi connectivity index (χ0v) is 10.6. The Balaban J connectivity index is 2.17. The number of aryl methyl sites for hydroxylation is 2. The third-order valence-electron chi connectivity index (χ3n) is 2.95. The monoisotopic (exact) mass is 247 g/mol. The smallest absolute Gasteiger partial charge is 0.224 e. The van der Waals surface area contributed by atoms with Crippen molar-refractivity contribution in [1.82, 2.24) is 9.55 Å². The highest BCUT2D eigenvalue weighted by Gasteiger charge is 2.06. The lowest BCUT2D eigenvalue weighted by Gasteiger charge is -2.04. The molecule has 2 N–H and O–H groups in total. The summed E-state index contributed by atoms with van der Waals surface area (Å²) in [5, 5.41) is 11.5. The standard InChI is InChI=1S/C13H17N3O2/c1-9-14-11-8-10(5-6-12(11)16(9)2)15-13(18)4-3-7-17/h5-6,8,17H,3-4,7H2,1-2H3,(H,15,18). The Morgan fingerprint density at radius 1 is 1.50 bits per heavy atom. The van der Waals surface area contributed by atoms with E-state index in [9.17, 15) is 4.79 Å². The van der Waals surface area contributed by atoms with E-state index >= 15 is 0 Å². The van der Waals surface area contributed by atoms with E-state index in [4.69, 9.17) is 5.11 Å². The van der Waals surface area contributed by atoms with Gasteiger partial charge in [0, 0.05) is 25.8 Å². The van der Waals surface area contributed by atoms with E-state index in [1.54, 1.807) is 0 Å². The van der Waals surface area contributed by atoms with Crippen LogP contribution < -0.4 is 5.32 Å². The third-order valence-corrected chi connectivity index (χ3v) is 2.95. The summed E-state index contributed by atoms with van der Waals surface area (Å²) in [6, 6.07) is 5.66. The van der Waals surface area contributed by atoms with Gasteiger partial charge in [-0.15, -0.1) is 0 Å². The van der Waals surface area contributed by atoms with Crippen molar-refractivity contribution in [3.05, 3.63) is 24.0 Å². The maximum atomic E-state index is 11.5. The van der Waals surface area contributed by atoms with Crippen LogP contribution in [0.3, 0.4) is 0 Å². The summed E-state index contributed by atoms with van der Waals surface area (Å²) in [5.41, 5.74) is 2.65. The number of aliphatic hydroxyl groups excluding tert-OH is 1. The predicted molar refractivity (Wildman–Crippen MR) is 70.4 cm³/mol. The summed E-state index contributed by atoms with van der Waals surface area (Å²) in [6.07, 6.45) is 0.812. The molecule has 5 heteroatoms. The molecule has 2 aromatic rings. The van der Waals surface area contributed by atoms with Crippen molar-refractivity contribution in [1.29, 1.82) is 0 Å². The first-order chi connectivity index (χ1) is 8.61. The molecule has 96 valence electrons.